The Kier molecular flexibility index (Phi) is 4.34. The molecule has 0 radical (unpaired) electrons. The molecule has 1 aromatic carbocycles. The van der Waals surface area contributed by atoms with Crippen molar-refractivity contribution in [1.29, 1.82) is 0 Å². The zero-order valence-electron chi connectivity index (χ0n) is 10.1. The summed E-state index contributed by atoms with van der Waals surface area (Å²) in [5, 5.41) is 12.2. The van der Waals surface area contributed by atoms with Gasteiger partial charge in [-0.15, -0.1) is 0 Å². The smallest absolute Gasteiger partial charge is 0.251 e. The lowest BCUT2D eigenvalue weighted by Crippen LogP contribution is -2.34. The fourth-order valence-corrected chi connectivity index (χ4v) is 1.34. The number of anilines is 2. The fourth-order valence-electron chi connectivity index (χ4n) is 1.34. The highest BCUT2D eigenvalue weighted by molar-refractivity contribution is 5.96. The molecule has 1 unspecified atom stereocenters. The van der Waals surface area contributed by atoms with Gasteiger partial charge in [0.05, 0.1) is 6.10 Å². The largest absolute Gasteiger partial charge is 0.399 e. The normalized spacial score (nSPS) is 12.5. The highest BCUT2D eigenvalue weighted by Crippen LogP contribution is 2.13. The Bertz CT molecular complexity index is 384. The molecule has 1 amide bonds. The number of nitrogens with one attached hydrogen (secondary N) is 1. The number of benzene rings is 1. The summed E-state index contributed by atoms with van der Waals surface area (Å²) in [5.74, 6) is -0.190. The van der Waals surface area contributed by atoms with E-state index in [1.54, 1.807) is 18.2 Å². The van der Waals surface area contributed by atoms with Crippen molar-refractivity contribution in [1.82, 2.24) is 5.32 Å². The van der Waals surface area contributed by atoms with E-state index in [0.717, 1.165) is 0 Å². The number of nitrogens with two attached hydrogens (primary N) is 2. The zero-order valence-corrected chi connectivity index (χ0v) is 10.1. The van der Waals surface area contributed by atoms with Crippen LogP contribution in [0.5, 0.6) is 0 Å². The molecule has 0 heterocycles. The molecule has 5 nitrogen and oxygen atoms in total. The van der Waals surface area contributed by atoms with Gasteiger partial charge in [0.1, 0.15) is 0 Å². The van der Waals surface area contributed by atoms with Gasteiger partial charge in [0.15, 0.2) is 0 Å². The van der Waals surface area contributed by atoms with Gasteiger partial charge in [-0.25, -0.2) is 0 Å². The summed E-state index contributed by atoms with van der Waals surface area (Å²) in [6, 6.07) is 4.68. The molecule has 0 fully saturated rings. The first kappa shape index (κ1) is 13.3. The first-order valence-electron chi connectivity index (χ1n) is 5.52. The fraction of sp³-hybridized carbons (Fsp3) is 0.417. The van der Waals surface area contributed by atoms with E-state index < -0.39 is 6.10 Å². The topological polar surface area (TPSA) is 101 Å². The van der Waals surface area contributed by atoms with Gasteiger partial charge in [0, 0.05) is 23.5 Å². The third-order valence-electron chi connectivity index (χ3n) is 2.48. The number of hydrogen-bond acceptors (Lipinski definition) is 4. The number of aliphatic hydroxyl groups excluding tert-OH is 1. The molecule has 1 atom stereocenters. The second kappa shape index (κ2) is 5.54. The predicted octanol–water partition coefficient (Wildman–Crippen LogP) is 0.598. The van der Waals surface area contributed by atoms with E-state index in [0.29, 0.717) is 16.9 Å². The quantitative estimate of drug-likeness (QED) is 0.576. The van der Waals surface area contributed by atoms with Gasteiger partial charge in [0.2, 0.25) is 0 Å². The van der Waals surface area contributed by atoms with Crippen molar-refractivity contribution in [2.75, 3.05) is 18.0 Å². The van der Waals surface area contributed by atoms with Gasteiger partial charge in [-0.2, -0.15) is 0 Å². The molecule has 17 heavy (non-hydrogen) atoms. The van der Waals surface area contributed by atoms with Crippen LogP contribution >= 0.6 is 0 Å². The molecule has 0 bridgehead atoms. The standard InChI is InChI=1S/C12H19N3O2/c1-7(2)11(16)6-15-12(17)8-3-9(13)5-10(14)4-8/h3-5,7,11,16H,6,13-14H2,1-2H3,(H,15,17). The van der Waals surface area contributed by atoms with Gasteiger partial charge >= 0.3 is 0 Å². The monoisotopic (exact) mass is 237 g/mol. The molecular weight excluding hydrogens is 218 g/mol. The van der Waals surface area contributed by atoms with E-state index in [2.05, 4.69) is 5.32 Å². The van der Waals surface area contributed by atoms with Crippen LogP contribution in [0.15, 0.2) is 18.2 Å². The van der Waals surface area contributed by atoms with Crippen molar-refractivity contribution in [2.45, 2.75) is 20.0 Å². The van der Waals surface area contributed by atoms with Gasteiger partial charge in [-0.05, 0) is 24.1 Å². The average Bonchev–Trinajstić information content (AvgIpc) is 2.23. The van der Waals surface area contributed by atoms with E-state index in [1.165, 1.54) is 0 Å². The molecule has 94 valence electrons. The number of amides is 1. The molecular formula is C12H19N3O2. The van der Waals surface area contributed by atoms with Crippen molar-refractivity contribution in [3.63, 3.8) is 0 Å². The van der Waals surface area contributed by atoms with Crippen LogP contribution in [0.2, 0.25) is 0 Å². The lowest BCUT2D eigenvalue weighted by Gasteiger charge is -2.15. The van der Waals surface area contributed by atoms with Crippen LogP contribution in [0, 0.1) is 5.92 Å². The minimum atomic E-state index is -0.558. The maximum absolute atomic E-state index is 11.7. The van der Waals surface area contributed by atoms with Crippen LogP contribution < -0.4 is 16.8 Å². The van der Waals surface area contributed by atoms with Crippen molar-refractivity contribution < 1.29 is 9.90 Å². The van der Waals surface area contributed by atoms with Crippen LogP contribution in [0.1, 0.15) is 24.2 Å². The minimum Gasteiger partial charge on any atom is -0.399 e. The van der Waals surface area contributed by atoms with Crippen LogP contribution in [-0.4, -0.2) is 23.7 Å². The van der Waals surface area contributed by atoms with E-state index in [-0.39, 0.29) is 18.4 Å². The van der Waals surface area contributed by atoms with Crippen LogP contribution in [0.3, 0.4) is 0 Å². The molecule has 0 saturated heterocycles. The highest BCUT2D eigenvalue weighted by atomic mass is 16.3. The number of aliphatic hydroxyl groups is 1. The van der Waals surface area contributed by atoms with Crippen LogP contribution in [0.25, 0.3) is 0 Å². The Balaban J connectivity index is 2.64. The minimum absolute atomic E-state index is 0.0983. The zero-order chi connectivity index (χ0) is 13.0. The van der Waals surface area contributed by atoms with Crippen LogP contribution in [0.4, 0.5) is 11.4 Å². The van der Waals surface area contributed by atoms with Crippen molar-refractivity contribution in [3.05, 3.63) is 23.8 Å². The summed E-state index contributed by atoms with van der Waals surface area (Å²) in [4.78, 5) is 11.7. The summed E-state index contributed by atoms with van der Waals surface area (Å²) >= 11 is 0. The Hall–Kier alpha value is -1.75. The molecule has 5 heteroatoms. The molecule has 0 aliphatic heterocycles. The molecule has 0 aliphatic carbocycles. The van der Waals surface area contributed by atoms with Crippen molar-refractivity contribution in [2.24, 2.45) is 5.92 Å². The number of carbonyl (C=O) groups is 1. The Labute approximate surface area is 101 Å². The molecule has 6 N–H and O–H groups in total. The second-order valence-corrected chi connectivity index (χ2v) is 4.41. The maximum atomic E-state index is 11.7. The SMILES string of the molecule is CC(C)C(O)CNC(=O)c1cc(N)cc(N)c1. The Morgan fingerprint density at radius 3 is 2.29 bits per heavy atom. The van der Waals surface area contributed by atoms with Gasteiger partial charge in [-0.3, -0.25) is 4.79 Å². The first-order valence-corrected chi connectivity index (χ1v) is 5.52. The maximum Gasteiger partial charge on any atom is 0.251 e. The predicted molar refractivity (Wildman–Crippen MR) is 68.4 cm³/mol. The second-order valence-electron chi connectivity index (χ2n) is 4.41. The van der Waals surface area contributed by atoms with Gasteiger partial charge in [0.25, 0.3) is 5.91 Å². The van der Waals surface area contributed by atoms with Crippen molar-refractivity contribution in [3.8, 4) is 0 Å². The molecule has 0 saturated carbocycles. The van der Waals surface area contributed by atoms with Crippen LogP contribution in [-0.2, 0) is 0 Å². The van der Waals surface area contributed by atoms with Gasteiger partial charge < -0.3 is 21.9 Å². The molecule has 0 aliphatic rings. The highest BCUT2D eigenvalue weighted by Gasteiger charge is 2.12. The van der Waals surface area contributed by atoms with E-state index in [9.17, 15) is 9.90 Å². The summed E-state index contributed by atoms with van der Waals surface area (Å²) < 4.78 is 0. The van der Waals surface area contributed by atoms with Gasteiger partial charge in [-0.1, -0.05) is 13.8 Å². The number of hydrogen-bond donors (Lipinski definition) is 4. The summed E-state index contributed by atoms with van der Waals surface area (Å²) in [7, 11) is 0. The average molecular weight is 237 g/mol. The lowest BCUT2D eigenvalue weighted by molar-refractivity contribution is 0.0871. The summed E-state index contributed by atoms with van der Waals surface area (Å²) in [6.07, 6.45) is -0.558. The third-order valence-corrected chi connectivity index (χ3v) is 2.48. The molecule has 0 aromatic heterocycles. The Morgan fingerprint density at radius 1 is 1.29 bits per heavy atom. The lowest BCUT2D eigenvalue weighted by atomic mass is 10.1. The number of carbonyl (C=O) groups excluding carboxylic acids is 1. The third kappa shape index (κ3) is 3.96. The van der Waals surface area contributed by atoms with Crippen molar-refractivity contribution >= 4 is 17.3 Å². The molecule has 0 spiro atoms. The Morgan fingerprint density at radius 2 is 1.82 bits per heavy atom. The van der Waals surface area contributed by atoms with E-state index >= 15 is 0 Å². The molecule has 1 rings (SSSR count). The van der Waals surface area contributed by atoms with E-state index in [4.69, 9.17) is 11.5 Å². The number of rotatable bonds is 4. The number of nitrogen functional groups attached to an aromatic ring is 2. The summed E-state index contributed by atoms with van der Waals surface area (Å²) in [5.41, 5.74) is 12.5. The van der Waals surface area contributed by atoms with E-state index in [1.807, 2.05) is 13.8 Å². The first-order chi connectivity index (χ1) is 7.90. The molecule has 1 aromatic rings. The summed E-state index contributed by atoms with van der Waals surface area (Å²) in [6.45, 7) is 3.98.